The predicted octanol–water partition coefficient (Wildman–Crippen LogP) is 4.16. The Labute approximate surface area is 286 Å². The van der Waals surface area contributed by atoms with Crippen molar-refractivity contribution in [2.45, 2.75) is 92.5 Å². The number of rotatable bonds is 12. The lowest BCUT2D eigenvalue weighted by molar-refractivity contribution is -0.680. The van der Waals surface area contributed by atoms with Gasteiger partial charge in [0.1, 0.15) is 17.9 Å². The Hall–Kier alpha value is -4.33. The van der Waals surface area contributed by atoms with Crippen LogP contribution in [0.3, 0.4) is 0 Å². The summed E-state index contributed by atoms with van der Waals surface area (Å²) in [5.41, 5.74) is 13.1. The van der Waals surface area contributed by atoms with Gasteiger partial charge in [-0.05, 0) is 40.5 Å². The van der Waals surface area contributed by atoms with E-state index in [0.29, 0.717) is 57.2 Å². The smallest absolute Gasteiger partial charge is 0.410 e. The van der Waals surface area contributed by atoms with Gasteiger partial charge in [-0.3, -0.25) is 9.59 Å². The van der Waals surface area contributed by atoms with Gasteiger partial charge in [-0.1, -0.05) is 38.3 Å². The van der Waals surface area contributed by atoms with E-state index in [9.17, 15) is 14.4 Å². The van der Waals surface area contributed by atoms with E-state index in [1.54, 1.807) is 9.80 Å². The molecule has 2 aromatic heterocycles. The summed E-state index contributed by atoms with van der Waals surface area (Å²) in [4.78, 5) is 51.2. The lowest BCUT2D eigenvalue weighted by Gasteiger charge is -2.35. The standard InChI is InChI=1S/C33H48ClN9O5/c1-7-10-11-17-47-24-19-23-22(18-21(24)31(45)40-13-15-41(16-14-40)32(46)48-33(4,5)6)42(9-3)25(43(23)12-8-2)20-37-30(44)26-28(35)39-29(36)27(34)38-26/h18-19H,7-17,20H2,1-6H3,(H4-,35,36,37,39,44)/p+1. The van der Waals surface area contributed by atoms with E-state index in [1.807, 2.05) is 39.8 Å². The second-order valence-corrected chi connectivity index (χ2v) is 13.1. The summed E-state index contributed by atoms with van der Waals surface area (Å²) in [6.07, 6.45) is 3.36. The van der Waals surface area contributed by atoms with Crippen LogP contribution in [0.4, 0.5) is 16.4 Å². The molecule has 0 atom stereocenters. The number of hydrogen-bond acceptors (Lipinski definition) is 9. The highest BCUT2D eigenvalue weighted by atomic mass is 35.5. The first-order valence-corrected chi connectivity index (χ1v) is 17.0. The number of benzene rings is 1. The quantitative estimate of drug-likeness (QED) is 0.187. The maximum Gasteiger partial charge on any atom is 0.410 e. The Balaban J connectivity index is 1.68. The van der Waals surface area contributed by atoms with Crippen molar-refractivity contribution in [3.8, 4) is 5.75 Å². The van der Waals surface area contributed by atoms with Gasteiger partial charge in [0.05, 0.1) is 25.3 Å². The molecule has 1 aromatic carbocycles. The molecule has 0 bridgehead atoms. The van der Waals surface area contributed by atoms with Gasteiger partial charge in [0.25, 0.3) is 17.6 Å². The molecular weight excluding hydrogens is 638 g/mol. The topological polar surface area (TPSA) is 175 Å². The van der Waals surface area contributed by atoms with Crippen LogP contribution in [0.25, 0.3) is 11.0 Å². The molecule has 262 valence electrons. The number of carbonyl (C=O) groups is 3. The number of halogens is 1. The molecule has 0 saturated carbocycles. The first-order valence-electron chi connectivity index (χ1n) is 16.6. The summed E-state index contributed by atoms with van der Waals surface area (Å²) in [6, 6.07) is 3.82. The number of nitrogens with one attached hydrogen (secondary N) is 1. The van der Waals surface area contributed by atoms with Crippen LogP contribution in [0.2, 0.25) is 5.15 Å². The lowest BCUT2D eigenvalue weighted by Crippen LogP contribution is -2.51. The minimum absolute atomic E-state index is 0.0550. The molecule has 5 N–H and O–H groups in total. The molecule has 0 aliphatic carbocycles. The molecule has 1 aliphatic heterocycles. The molecule has 1 fully saturated rings. The Morgan fingerprint density at radius 1 is 0.979 bits per heavy atom. The minimum Gasteiger partial charge on any atom is -0.493 e. The van der Waals surface area contributed by atoms with Gasteiger partial charge >= 0.3 is 6.09 Å². The Morgan fingerprint density at radius 3 is 2.29 bits per heavy atom. The molecule has 0 spiro atoms. The summed E-state index contributed by atoms with van der Waals surface area (Å²) in [5.74, 6) is 0.447. The molecule has 1 saturated heterocycles. The molecule has 4 rings (SSSR count). The number of ether oxygens (including phenoxy) is 2. The van der Waals surface area contributed by atoms with E-state index in [2.05, 4.69) is 38.3 Å². The molecule has 1 aliphatic rings. The zero-order valence-electron chi connectivity index (χ0n) is 28.9. The van der Waals surface area contributed by atoms with Crippen molar-refractivity contribution in [2.24, 2.45) is 0 Å². The highest BCUT2D eigenvalue weighted by Crippen LogP contribution is 2.29. The number of nitrogen functional groups attached to an aromatic ring is 2. The van der Waals surface area contributed by atoms with Gasteiger partial charge in [-0.25, -0.2) is 23.9 Å². The van der Waals surface area contributed by atoms with Crippen molar-refractivity contribution in [2.75, 3.05) is 44.3 Å². The van der Waals surface area contributed by atoms with E-state index < -0.39 is 11.5 Å². The van der Waals surface area contributed by atoms with Gasteiger partial charge in [0.2, 0.25) is 0 Å². The van der Waals surface area contributed by atoms with E-state index >= 15 is 0 Å². The highest BCUT2D eigenvalue weighted by molar-refractivity contribution is 6.31. The first kappa shape index (κ1) is 36.5. The molecule has 0 radical (unpaired) electrons. The largest absolute Gasteiger partial charge is 0.493 e. The first-order chi connectivity index (χ1) is 22.8. The third-order valence-electron chi connectivity index (χ3n) is 8.03. The molecule has 15 heteroatoms. The van der Waals surface area contributed by atoms with Crippen molar-refractivity contribution < 1.29 is 28.4 Å². The average molecular weight is 687 g/mol. The van der Waals surface area contributed by atoms with E-state index in [4.69, 9.17) is 32.5 Å². The van der Waals surface area contributed by atoms with Gasteiger partial charge in [0.15, 0.2) is 33.5 Å². The van der Waals surface area contributed by atoms with Crippen molar-refractivity contribution in [1.82, 2.24) is 29.7 Å². The van der Waals surface area contributed by atoms with Gasteiger partial charge < -0.3 is 36.1 Å². The number of piperazine rings is 1. The predicted molar refractivity (Wildman–Crippen MR) is 184 cm³/mol. The van der Waals surface area contributed by atoms with Crippen molar-refractivity contribution in [3.63, 3.8) is 0 Å². The number of carbonyl (C=O) groups excluding carboxylic acids is 3. The van der Waals surface area contributed by atoms with Crippen LogP contribution in [0.15, 0.2) is 12.1 Å². The average Bonchev–Trinajstić information content (AvgIpc) is 3.33. The zero-order valence-corrected chi connectivity index (χ0v) is 29.7. The van der Waals surface area contributed by atoms with Gasteiger partial charge in [-0.15, -0.1) is 0 Å². The van der Waals surface area contributed by atoms with Crippen LogP contribution >= 0.6 is 11.6 Å². The zero-order chi connectivity index (χ0) is 35.2. The fourth-order valence-corrected chi connectivity index (χ4v) is 5.82. The Kier molecular flexibility index (Phi) is 11.9. The number of amides is 3. The molecule has 3 heterocycles. The summed E-state index contributed by atoms with van der Waals surface area (Å²) in [5, 5.41) is 2.80. The number of nitrogens with two attached hydrogens (primary N) is 2. The van der Waals surface area contributed by atoms with E-state index in [0.717, 1.165) is 42.5 Å². The fourth-order valence-electron chi connectivity index (χ4n) is 5.69. The number of aryl methyl sites for hydroxylation is 2. The third kappa shape index (κ3) is 8.38. The maximum absolute atomic E-state index is 14.1. The summed E-state index contributed by atoms with van der Waals surface area (Å²) >= 11 is 6.02. The monoisotopic (exact) mass is 686 g/mol. The Morgan fingerprint density at radius 2 is 1.67 bits per heavy atom. The maximum atomic E-state index is 14.1. The minimum atomic E-state index is -0.598. The fraction of sp³-hybridized carbons (Fsp3) is 0.576. The van der Waals surface area contributed by atoms with Crippen LogP contribution in [0.1, 0.15) is 93.9 Å². The molecule has 3 amide bonds. The number of nitrogens with zero attached hydrogens (tertiary/aromatic N) is 6. The molecular formula is C33H49ClN9O5+. The second kappa shape index (κ2) is 15.7. The van der Waals surface area contributed by atoms with Crippen LogP contribution in [-0.2, 0) is 24.4 Å². The Bertz CT molecular complexity index is 1640. The number of unbranched alkanes of at least 4 members (excludes halogenated alkanes) is 2. The van der Waals surface area contributed by atoms with Crippen LogP contribution < -0.4 is 26.1 Å². The summed E-state index contributed by atoms with van der Waals surface area (Å²) in [6.45, 7) is 15.1. The number of hydrogen-bond donors (Lipinski definition) is 3. The number of anilines is 2. The second-order valence-electron chi connectivity index (χ2n) is 12.8. The molecule has 14 nitrogen and oxygen atoms in total. The molecule has 0 unspecified atom stereocenters. The van der Waals surface area contributed by atoms with Crippen LogP contribution in [0.5, 0.6) is 5.75 Å². The third-order valence-corrected chi connectivity index (χ3v) is 8.30. The van der Waals surface area contributed by atoms with Crippen molar-refractivity contribution in [1.29, 1.82) is 0 Å². The number of imidazole rings is 1. The molecule has 48 heavy (non-hydrogen) atoms. The SMILES string of the molecule is CCCCCOc1cc2c(cc1C(=O)N1CCN(C(=O)OC(C)(C)C)CC1)n(CC)c(CNC(=O)c1nc(Cl)c(N)nc1N)[n+]2CCC. The van der Waals surface area contributed by atoms with Gasteiger partial charge in [0, 0.05) is 38.3 Å². The summed E-state index contributed by atoms with van der Waals surface area (Å²) < 4.78 is 16.0. The normalized spacial score (nSPS) is 13.6. The summed E-state index contributed by atoms with van der Waals surface area (Å²) in [7, 11) is 0. The van der Waals surface area contributed by atoms with Crippen LogP contribution in [-0.4, -0.2) is 80.6 Å². The van der Waals surface area contributed by atoms with E-state index in [1.165, 1.54) is 0 Å². The van der Waals surface area contributed by atoms with Crippen molar-refractivity contribution in [3.05, 3.63) is 34.4 Å². The molecule has 3 aromatic rings. The lowest BCUT2D eigenvalue weighted by atomic mass is 10.1. The van der Waals surface area contributed by atoms with Crippen molar-refractivity contribution >= 4 is 52.2 Å². The highest BCUT2D eigenvalue weighted by Gasteiger charge is 2.32. The number of fused-ring (bicyclic) bond motifs is 1. The van der Waals surface area contributed by atoms with E-state index in [-0.39, 0.29) is 41.0 Å². The number of aromatic nitrogens is 4. The van der Waals surface area contributed by atoms with Gasteiger partial charge in [-0.2, -0.15) is 0 Å². The van der Waals surface area contributed by atoms with Crippen LogP contribution in [0, 0.1) is 0 Å².